The highest BCUT2D eigenvalue weighted by Crippen LogP contribution is 2.48. The monoisotopic (exact) mass is 458 g/mol. The average molecular weight is 459 g/mol. The summed E-state index contributed by atoms with van der Waals surface area (Å²) in [5.41, 5.74) is 4.03. The summed E-state index contributed by atoms with van der Waals surface area (Å²) in [6.45, 7) is 6.60. The maximum atomic E-state index is 6.45. The molecule has 5 heteroatoms. The zero-order valence-electron chi connectivity index (χ0n) is 18.2. The van der Waals surface area contributed by atoms with Crippen LogP contribution in [0.15, 0.2) is 36.4 Å². The van der Waals surface area contributed by atoms with Crippen LogP contribution in [-0.4, -0.2) is 49.1 Å². The minimum atomic E-state index is 0.261. The second-order valence-electron chi connectivity index (χ2n) is 9.24. The Kier molecular flexibility index (Phi) is 6.75. The molecule has 0 amide bonds. The summed E-state index contributed by atoms with van der Waals surface area (Å²) in [6, 6.07) is 13.3. The number of halogens is 2. The molecule has 3 aliphatic rings. The molecule has 3 nitrogen and oxygen atoms in total. The standard InChI is InChI=1S/C26H32Cl2N2O/c27-22-11-10-19(17-23(22)28)21-18-30-15-5-8-24(30)20-7-4-9-25(26(20)21)31-16-6-14-29-12-2-1-3-13-29/h4,7,9-11,17,21,24H,1-3,5-6,8,12-16,18H2/t21-,24-/m0/s1. The van der Waals surface area contributed by atoms with E-state index in [-0.39, 0.29) is 5.92 Å². The maximum Gasteiger partial charge on any atom is 0.123 e. The maximum absolute atomic E-state index is 6.45. The van der Waals surface area contributed by atoms with Gasteiger partial charge < -0.3 is 9.64 Å². The number of nitrogens with zero attached hydrogens (tertiary/aromatic N) is 2. The fraction of sp³-hybridized carbons (Fsp3) is 0.538. The molecule has 3 aliphatic heterocycles. The molecule has 0 unspecified atom stereocenters. The van der Waals surface area contributed by atoms with E-state index in [9.17, 15) is 0 Å². The Labute approximate surface area is 196 Å². The Bertz CT molecular complexity index is 912. The van der Waals surface area contributed by atoms with Crippen molar-refractivity contribution in [1.29, 1.82) is 0 Å². The summed E-state index contributed by atoms with van der Waals surface area (Å²) in [6.07, 6.45) is 7.65. The number of benzene rings is 2. The predicted octanol–water partition coefficient (Wildman–Crippen LogP) is 6.53. The first kappa shape index (κ1) is 21.6. The van der Waals surface area contributed by atoms with Crippen molar-refractivity contribution in [2.75, 3.05) is 39.3 Å². The molecule has 0 spiro atoms. The summed E-state index contributed by atoms with van der Waals surface area (Å²) >= 11 is 12.6. The fourth-order valence-electron chi connectivity index (χ4n) is 5.73. The number of likely N-dealkylation sites (tertiary alicyclic amines) is 1. The Hall–Kier alpha value is -1.26. The molecule has 2 fully saturated rings. The Balaban J connectivity index is 1.38. The van der Waals surface area contributed by atoms with Crippen molar-refractivity contribution in [2.45, 2.75) is 50.5 Å². The van der Waals surface area contributed by atoms with E-state index in [0.717, 1.165) is 31.9 Å². The van der Waals surface area contributed by atoms with Crippen LogP contribution in [0.25, 0.3) is 0 Å². The predicted molar refractivity (Wildman–Crippen MR) is 129 cm³/mol. The summed E-state index contributed by atoms with van der Waals surface area (Å²) in [7, 11) is 0. The summed E-state index contributed by atoms with van der Waals surface area (Å²) in [5.74, 6) is 1.32. The van der Waals surface area contributed by atoms with E-state index in [0.29, 0.717) is 16.1 Å². The van der Waals surface area contributed by atoms with Gasteiger partial charge in [0.1, 0.15) is 5.75 Å². The minimum absolute atomic E-state index is 0.261. The number of ether oxygens (including phenoxy) is 1. The molecule has 2 saturated heterocycles. The van der Waals surface area contributed by atoms with Crippen molar-refractivity contribution in [3.63, 3.8) is 0 Å². The molecule has 0 radical (unpaired) electrons. The highest BCUT2D eigenvalue weighted by atomic mass is 35.5. The molecular weight excluding hydrogens is 427 g/mol. The van der Waals surface area contributed by atoms with Crippen LogP contribution in [0.2, 0.25) is 10.0 Å². The molecule has 5 rings (SSSR count). The van der Waals surface area contributed by atoms with Crippen molar-refractivity contribution in [2.24, 2.45) is 0 Å². The smallest absolute Gasteiger partial charge is 0.123 e. The van der Waals surface area contributed by atoms with E-state index in [4.69, 9.17) is 27.9 Å². The van der Waals surface area contributed by atoms with Crippen molar-refractivity contribution < 1.29 is 4.74 Å². The molecule has 166 valence electrons. The fourth-order valence-corrected chi connectivity index (χ4v) is 6.03. The van der Waals surface area contributed by atoms with Crippen LogP contribution in [0.4, 0.5) is 0 Å². The van der Waals surface area contributed by atoms with Crippen LogP contribution >= 0.6 is 23.2 Å². The Morgan fingerprint density at radius 3 is 2.65 bits per heavy atom. The van der Waals surface area contributed by atoms with Crippen molar-refractivity contribution >= 4 is 23.2 Å². The Morgan fingerprint density at radius 1 is 0.935 bits per heavy atom. The molecule has 31 heavy (non-hydrogen) atoms. The van der Waals surface area contributed by atoms with Gasteiger partial charge in [0.05, 0.1) is 16.7 Å². The van der Waals surface area contributed by atoms with Crippen LogP contribution in [0.5, 0.6) is 5.75 Å². The number of fused-ring (bicyclic) bond motifs is 3. The van der Waals surface area contributed by atoms with Gasteiger partial charge in [-0.2, -0.15) is 0 Å². The molecule has 2 aromatic rings. The van der Waals surface area contributed by atoms with Crippen molar-refractivity contribution in [3.05, 3.63) is 63.1 Å². The Morgan fingerprint density at radius 2 is 1.81 bits per heavy atom. The number of hydrogen-bond acceptors (Lipinski definition) is 3. The van der Waals surface area contributed by atoms with E-state index >= 15 is 0 Å². The number of piperidine rings is 1. The van der Waals surface area contributed by atoms with Crippen LogP contribution in [0, 0.1) is 0 Å². The number of rotatable bonds is 6. The third kappa shape index (κ3) is 4.61. The molecular formula is C26H32Cl2N2O. The van der Waals surface area contributed by atoms with Gasteiger partial charge in [-0.25, -0.2) is 0 Å². The lowest BCUT2D eigenvalue weighted by Gasteiger charge is -2.38. The lowest BCUT2D eigenvalue weighted by atomic mass is 9.81. The second-order valence-corrected chi connectivity index (χ2v) is 10.1. The molecule has 0 N–H and O–H groups in total. The topological polar surface area (TPSA) is 15.7 Å². The van der Waals surface area contributed by atoms with Crippen LogP contribution in [0.1, 0.15) is 67.2 Å². The minimum Gasteiger partial charge on any atom is -0.493 e. The zero-order chi connectivity index (χ0) is 21.2. The van der Waals surface area contributed by atoms with Crippen LogP contribution in [0.3, 0.4) is 0 Å². The summed E-state index contributed by atoms with van der Waals surface area (Å²) < 4.78 is 6.45. The SMILES string of the molecule is Clc1ccc([C@@H]2CN3CCC[C@H]3c3cccc(OCCCN4CCCCC4)c32)cc1Cl. The van der Waals surface area contributed by atoms with Gasteiger partial charge in [0.2, 0.25) is 0 Å². The molecule has 0 aliphatic carbocycles. The van der Waals surface area contributed by atoms with E-state index < -0.39 is 0 Å². The molecule has 2 aromatic carbocycles. The molecule has 0 bridgehead atoms. The van der Waals surface area contributed by atoms with E-state index in [1.54, 1.807) is 0 Å². The first-order valence-electron chi connectivity index (χ1n) is 11.9. The highest BCUT2D eigenvalue weighted by molar-refractivity contribution is 6.42. The van der Waals surface area contributed by atoms with Crippen molar-refractivity contribution in [1.82, 2.24) is 9.80 Å². The van der Waals surface area contributed by atoms with Crippen molar-refractivity contribution in [3.8, 4) is 5.75 Å². The van der Waals surface area contributed by atoms with Gasteiger partial charge in [-0.3, -0.25) is 4.90 Å². The molecule has 0 saturated carbocycles. The third-order valence-corrected chi connectivity index (χ3v) is 8.00. The second kappa shape index (κ2) is 9.70. The largest absolute Gasteiger partial charge is 0.493 e. The zero-order valence-corrected chi connectivity index (χ0v) is 19.7. The van der Waals surface area contributed by atoms with E-state index in [1.165, 1.54) is 68.4 Å². The molecule has 3 heterocycles. The highest BCUT2D eigenvalue weighted by Gasteiger charge is 2.38. The molecule has 2 atom stereocenters. The van der Waals surface area contributed by atoms with Gasteiger partial charge in [0.25, 0.3) is 0 Å². The van der Waals surface area contributed by atoms with Gasteiger partial charge in [-0.05, 0) is 81.1 Å². The van der Waals surface area contributed by atoms with Crippen LogP contribution < -0.4 is 4.74 Å². The van der Waals surface area contributed by atoms with Gasteiger partial charge >= 0.3 is 0 Å². The normalized spacial score (nSPS) is 24.1. The van der Waals surface area contributed by atoms with Gasteiger partial charge in [-0.15, -0.1) is 0 Å². The first-order valence-corrected chi connectivity index (χ1v) is 12.6. The van der Waals surface area contributed by atoms with E-state index in [2.05, 4.69) is 34.1 Å². The third-order valence-electron chi connectivity index (χ3n) is 7.26. The van der Waals surface area contributed by atoms with Gasteiger partial charge in [0, 0.05) is 30.6 Å². The summed E-state index contributed by atoms with van der Waals surface area (Å²) in [5, 5.41) is 1.24. The lowest BCUT2D eigenvalue weighted by molar-refractivity contribution is 0.200. The number of hydrogen-bond donors (Lipinski definition) is 0. The average Bonchev–Trinajstić information content (AvgIpc) is 3.28. The molecule has 0 aromatic heterocycles. The van der Waals surface area contributed by atoms with Gasteiger partial charge in [-0.1, -0.05) is 47.8 Å². The summed E-state index contributed by atoms with van der Waals surface area (Å²) in [4.78, 5) is 5.22. The quantitative estimate of drug-likeness (QED) is 0.457. The lowest BCUT2D eigenvalue weighted by Crippen LogP contribution is -2.35. The van der Waals surface area contributed by atoms with E-state index in [1.807, 2.05) is 12.1 Å². The van der Waals surface area contributed by atoms with Crippen LogP contribution in [-0.2, 0) is 0 Å². The van der Waals surface area contributed by atoms with Gasteiger partial charge in [0.15, 0.2) is 0 Å². The first-order chi connectivity index (χ1) is 15.2.